The minimum absolute atomic E-state index is 0.0816. The smallest absolute Gasteiger partial charge is 0.165 e. The lowest BCUT2D eigenvalue weighted by molar-refractivity contribution is 0.666. The Balaban J connectivity index is 1.42. The van der Waals surface area contributed by atoms with Gasteiger partial charge in [0.15, 0.2) is 5.82 Å². The third-order valence-electron chi connectivity index (χ3n) is 9.16. The molecule has 42 heavy (non-hydrogen) atoms. The first-order chi connectivity index (χ1) is 20.6. The molecule has 2 aromatic heterocycles. The zero-order valence-electron chi connectivity index (χ0n) is 23.5. The van der Waals surface area contributed by atoms with Crippen LogP contribution in [0.2, 0.25) is 0 Å². The lowest BCUT2D eigenvalue weighted by Crippen LogP contribution is -2.15. The lowest BCUT2D eigenvalue weighted by Gasteiger charge is -2.23. The summed E-state index contributed by atoms with van der Waals surface area (Å²) in [5.41, 5.74) is 11.4. The second-order valence-electron chi connectivity index (χ2n) is 11.8. The van der Waals surface area contributed by atoms with Crippen molar-refractivity contribution in [2.24, 2.45) is 0 Å². The molecule has 8 aromatic rings. The number of benzene rings is 6. The molecular formula is C39H27N3. The molecular weight excluding hydrogens is 510 g/mol. The topological polar surface area (TPSA) is 30.7 Å². The zero-order valence-corrected chi connectivity index (χ0v) is 23.5. The summed E-state index contributed by atoms with van der Waals surface area (Å²) in [6.07, 6.45) is 0. The molecule has 0 saturated carbocycles. The van der Waals surface area contributed by atoms with Gasteiger partial charge >= 0.3 is 0 Å². The van der Waals surface area contributed by atoms with Crippen LogP contribution in [0.3, 0.4) is 0 Å². The molecule has 0 unspecified atom stereocenters. The number of aromatic nitrogens is 3. The quantitative estimate of drug-likeness (QED) is 0.220. The summed E-state index contributed by atoms with van der Waals surface area (Å²) in [4.78, 5) is 10.5. The van der Waals surface area contributed by atoms with Crippen molar-refractivity contribution in [3.8, 4) is 28.2 Å². The van der Waals surface area contributed by atoms with Crippen LogP contribution in [-0.2, 0) is 5.41 Å². The Kier molecular flexibility index (Phi) is 4.67. The van der Waals surface area contributed by atoms with E-state index in [9.17, 15) is 0 Å². The molecule has 3 heteroatoms. The summed E-state index contributed by atoms with van der Waals surface area (Å²) < 4.78 is 2.32. The van der Waals surface area contributed by atoms with E-state index >= 15 is 0 Å². The summed E-state index contributed by atoms with van der Waals surface area (Å²) >= 11 is 0. The highest BCUT2D eigenvalue weighted by Crippen LogP contribution is 2.52. The van der Waals surface area contributed by atoms with Gasteiger partial charge in [0.25, 0.3) is 0 Å². The largest absolute Gasteiger partial charge is 0.292 e. The van der Waals surface area contributed by atoms with Crippen molar-refractivity contribution in [3.63, 3.8) is 0 Å². The van der Waals surface area contributed by atoms with Crippen LogP contribution in [0.25, 0.3) is 71.8 Å². The number of para-hydroxylation sites is 3. The van der Waals surface area contributed by atoms with Crippen molar-refractivity contribution in [3.05, 3.63) is 139 Å². The third-order valence-corrected chi connectivity index (χ3v) is 9.16. The number of hydrogen-bond donors (Lipinski definition) is 0. The van der Waals surface area contributed by atoms with E-state index in [1.807, 2.05) is 30.3 Å². The van der Waals surface area contributed by atoms with Crippen molar-refractivity contribution in [1.82, 2.24) is 14.5 Å². The van der Waals surface area contributed by atoms with Gasteiger partial charge in [-0.15, -0.1) is 0 Å². The number of nitrogens with zero attached hydrogens (tertiary/aromatic N) is 3. The minimum atomic E-state index is -0.0816. The van der Waals surface area contributed by atoms with Crippen molar-refractivity contribution < 1.29 is 0 Å². The summed E-state index contributed by atoms with van der Waals surface area (Å²) in [5, 5.41) is 5.07. The molecule has 198 valence electrons. The Labute approximate surface area is 243 Å². The first-order valence-corrected chi connectivity index (χ1v) is 14.5. The molecule has 0 bridgehead atoms. The number of hydrogen-bond acceptors (Lipinski definition) is 2. The first-order valence-electron chi connectivity index (χ1n) is 14.5. The van der Waals surface area contributed by atoms with Gasteiger partial charge in [-0.25, -0.2) is 9.97 Å². The van der Waals surface area contributed by atoms with Crippen LogP contribution in [-0.4, -0.2) is 14.5 Å². The van der Waals surface area contributed by atoms with E-state index in [-0.39, 0.29) is 5.41 Å². The van der Waals surface area contributed by atoms with Crippen molar-refractivity contribution in [2.75, 3.05) is 0 Å². The maximum absolute atomic E-state index is 5.28. The van der Waals surface area contributed by atoms with Gasteiger partial charge in [-0.3, -0.25) is 4.57 Å². The highest BCUT2D eigenvalue weighted by molar-refractivity contribution is 6.22. The van der Waals surface area contributed by atoms with Crippen LogP contribution < -0.4 is 0 Å². The average Bonchev–Trinajstić information content (AvgIpc) is 3.50. The van der Waals surface area contributed by atoms with Crippen molar-refractivity contribution >= 4 is 43.6 Å². The van der Waals surface area contributed by atoms with Gasteiger partial charge in [-0.1, -0.05) is 117 Å². The van der Waals surface area contributed by atoms with Crippen LogP contribution in [0.15, 0.2) is 127 Å². The lowest BCUT2D eigenvalue weighted by atomic mass is 9.80. The molecule has 0 amide bonds. The van der Waals surface area contributed by atoms with Crippen molar-refractivity contribution in [1.29, 1.82) is 0 Å². The normalized spacial score (nSPS) is 13.7. The maximum Gasteiger partial charge on any atom is 0.165 e. The van der Waals surface area contributed by atoms with Crippen LogP contribution in [0.1, 0.15) is 25.0 Å². The van der Waals surface area contributed by atoms with E-state index in [2.05, 4.69) is 115 Å². The second-order valence-corrected chi connectivity index (χ2v) is 11.8. The van der Waals surface area contributed by atoms with Gasteiger partial charge in [-0.05, 0) is 57.3 Å². The van der Waals surface area contributed by atoms with Crippen LogP contribution in [0.4, 0.5) is 0 Å². The van der Waals surface area contributed by atoms with Gasteiger partial charge in [0, 0.05) is 21.8 Å². The van der Waals surface area contributed by atoms with Crippen LogP contribution in [0.5, 0.6) is 0 Å². The van der Waals surface area contributed by atoms with Crippen LogP contribution in [0, 0.1) is 0 Å². The molecule has 0 radical (unpaired) electrons. The predicted octanol–water partition coefficient (Wildman–Crippen LogP) is 9.85. The fourth-order valence-corrected chi connectivity index (χ4v) is 7.33. The molecule has 0 N–H and O–H groups in total. The molecule has 9 rings (SSSR count). The van der Waals surface area contributed by atoms with E-state index < -0.39 is 0 Å². The SMILES string of the molecule is CC1(C)c2ccccc2-c2ccc3c(ccc4c3c3ccccc3n4-c3nc4ccccc4nc3-c3ccccc3)c21. The second kappa shape index (κ2) is 8.37. The molecule has 3 nitrogen and oxygen atoms in total. The van der Waals surface area contributed by atoms with E-state index in [1.165, 1.54) is 43.8 Å². The highest BCUT2D eigenvalue weighted by Gasteiger charge is 2.37. The van der Waals surface area contributed by atoms with Gasteiger partial charge in [0.2, 0.25) is 0 Å². The standard InChI is InChI=1S/C39H27N3/c1-39(2)30-16-8-6-14-25(30)27-21-20-26-28(36(27)39)22-23-34-35(26)29-15-7-11-19-33(29)42(34)38-37(24-12-4-3-5-13-24)40-31-17-9-10-18-32(31)41-38/h3-23H,1-2H3. The van der Waals surface area contributed by atoms with E-state index in [0.29, 0.717) is 0 Å². The molecule has 0 spiro atoms. The Bertz CT molecular complexity index is 2380. The molecule has 6 aromatic carbocycles. The van der Waals surface area contributed by atoms with E-state index in [4.69, 9.17) is 9.97 Å². The minimum Gasteiger partial charge on any atom is -0.292 e. The molecule has 0 fully saturated rings. The fraction of sp³-hybridized carbons (Fsp3) is 0.0769. The zero-order chi connectivity index (χ0) is 28.0. The summed E-state index contributed by atoms with van der Waals surface area (Å²) in [7, 11) is 0. The van der Waals surface area contributed by atoms with Crippen molar-refractivity contribution in [2.45, 2.75) is 19.3 Å². The van der Waals surface area contributed by atoms with Gasteiger partial charge in [0.05, 0.1) is 22.1 Å². The molecule has 2 heterocycles. The predicted molar refractivity (Wildman–Crippen MR) is 174 cm³/mol. The van der Waals surface area contributed by atoms with Gasteiger partial charge in [0.1, 0.15) is 5.69 Å². The van der Waals surface area contributed by atoms with Gasteiger partial charge in [-0.2, -0.15) is 0 Å². The Morgan fingerprint density at radius 3 is 2.07 bits per heavy atom. The summed E-state index contributed by atoms with van der Waals surface area (Å²) in [6.45, 7) is 4.72. The van der Waals surface area contributed by atoms with Gasteiger partial charge < -0.3 is 0 Å². The Morgan fingerprint density at radius 1 is 0.524 bits per heavy atom. The fourth-order valence-electron chi connectivity index (χ4n) is 7.33. The number of fused-ring (bicyclic) bond motifs is 10. The van der Waals surface area contributed by atoms with Crippen LogP contribution >= 0.6 is 0 Å². The summed E-state index contributed by atoms with van der Waals surface area (Å²) in [6, 6.07) is 45.4. The highest BCUT2D eigenvalue weighted by atomic mass is 15.1. The maximum atomic E-state index is 5.28. The third kappa shape index (κ3) is 3.05. The first kappa shape index (κ1) is 23.4. The molecule has 0 atom stereocenters. The summed E-state index contributed by atoms with van der Waals surface area (Å²) in [5.74, 6) is 0.847. The van der Waals surface area contributed by atoms with E-state index in [1.54, 1.807) is 0 Å². The average molecular weight is 538 g/mol. The Hall–Kier alpha value is -5.28. The molecule has 1 aliphatic rings. The Morgan fingerprint density at radius 2 is 1.21 bits per heavy atom. The molecule has 0 aliphatic heterocycles. The monoisotopic (exact) mass is 537 g/mol. The van der Waals surface area contributed by atoms with E-state index in [0.717, 1.165) is 39.1 Å². The molecule has 1 aliphatic carbocycles. The molecule has 0 saturated heterocycles. The number of rotatable bonds is 2.